The highest BCUT2D eigenvalue weighted by Gasteiger charge is 2.01. The van der Waals surface area contributed by atoms with Crippen LogP contribution in [-0.4, -0.2) is 51.1 Å². The summed E-state index contributed by atoms with van der Waals surface area (Å²) >= 11 is 0. The number of hydrogen-bond donors (Lipinski definition) is 2. The maximum absolute atomic E-state index is 13.1. The number of guanidine groups is 1. The third-order valence-electron chi connectivity index (χ3n) is 3.37. The fourth-order valence-electron chi connectivity index (χ4n) is 2.17. The monoisotopic (exact) mass is 436 g/mol. The van der Waals surface area contributed by atoms with Crippen LogP contribution in [0.25, 0.3) is 0 Å². The molecule has 1 aromatic carbocycles. The molecule has 0 aliphatic carbocycles. The Hall–Kier alpha value is -0.890. The molecule has 0 saturated carbocycles. The summed E-state index contributed by atoms with van der Waals surface area (Å²) in [4.78, 5) is 6.72. The average molecular weight is 436 g/mol. The lowest BCUT2D eigenvalue weighted by molar-refractivity contribution is 0.403. The predicted molar refractivity (Wildman–Crippen MR) is 107 cm³/mol. The molecule has 0 unspecified atom stereocenters. The van der Waals surface area contributed by atoms with E-state index in [1.165, 1.54) is 6.07 Å². The minimum atomic E-state index is -0.176. The standard InChI is InChI=1S/C17H29FN4.HI/c1-5-19-17(20-10-6-12-22(3)4)21-11-9-15-7-8-16(18)13-14(15)2;/h7-8,13H,5-6,9-12H2,1-4H3,(H2,19,20,21);1H. The Balaban J connectivity index is 0.00000484. The number of hydrogen-bond acceptors (Lipinski definition) is 2. The van der Waals surface area contributed by atoms with Crippen molar-refractivity contribution in [2.24, 2.45) is 4.99 Å². The number of aliphatic imine (C=N–C) groups is 1. The van der Waals surface area contributed by atoms with Gasteiger partial charge in [-0.2, -0.15) is 0 Å². The molecule has 4 nitrogen and oxygen atoms in total. The molecule has 0 atom stereocenters. The van der Waals surface area contributed by atoms with Crippen LogP contribution in [0.3, 0.4) is 0 Å². The van der Waals surface area contributed by atoms with Crippen LogP contribution in [0.5, 0.6) is 0 Å². The Bertz CT molecular complexity index is 478. The zero-order chi connectivity index (χ0) is 16.4. The van der Waals surface area contributed by atoms with Crippen LogP contribution in [0, 0.1) is 12.7 Å². The Morgan fingerprint density at radius 3 is 2.61 bits per heavy atom. The van der Waals surface area contributed by atoms with Gasteiger partial charge in [0.25, 0.3) is 0 Å². The van der Waals surface area contributed by atoms with Gasteiger partial charge in [-0.3, -0.25) is 4.99 Å². The summed E-state index contributed by atoms with van der Waals surface area (Å²) in [5, 5.41) is 6.58. The smallest absolute Gasteiger partial charge is 0.191 e. The van der Waals surface area contributed by atoms with Crippen molar-refractivity contribution in [1.29, 1.82) is 0 Å². The molecule has 1 aromatic rings. The van der Waals surface area contributed by atoms with E-state index in [1.807, 2.05) is 13.0 Å². The van der Waals surface area contributed by atoms with Gasteiger partial charge in [0.2, 0.25) is 0 Å². The summed E-state index contributed by atoms with van der Waals surface area (Å²) in [6.45, 7) is 7.47. The molecule has 0 aromatic heterocycles. The molecular formula is C17H30FIN4. The van der Waals surface area contributed by atoms with Gasteiger partial charge in [-0.25, -0.2) is 4.39 Å². The van der Waals surface area contributed by atoms with Crippen molar-refractivity contribution in [3.63, 3.8) is 0 Å². The predicted octanol–water partition coefficient (Wildman–Crippen LogP) is 2.80. The van der Waals surface area contributed by atoms with E-state index in [4.69, 9.17) is 0 Å². The molecule has 6 heteroatoms. The second-order valence-electron chi connectivity index (χ2n) is 5.67. The minimum absolute atomic E-state index is 0. The molecule has 0 heterocycles. The molecule has 0 amide bonds. The summed E-state index contributed by atoms with van der Waals surface area (Å²) in [6, 6.07) is 4.95. The van der Waals surface area contributed by atoms with Crippen molar-refractivity contribution in [2.75, 3.05) is 40.3 Å². The van der Waals surface area contributed by atoms with Crippen molar-refractivity contribution >= 4 is 29.9 Å². The molecule has 23 heavy (non-hydrogen) atoms. The lowest BCUT2D eigenvalue weighted by Gasteiger charge is -2.13. The fraction of sp³-hybridized carbons (Fsp3) is 0.588. The van der Waals surface area contributed by atoms with Crippen LogP contribution in [0.15, 0.2) is 23.2 Å². The van der Waals surface area contributed by atoms with E-state index in [0.717, 1.165) is 56.1 Å². The van der Waals surface area contributed by atoms with Crippen molar-refractivity contribution in [1.82, 2.24) is 15.5 Å². The summed E-state index contributed by atoms with van der Waals surface area (Å²) in [7, 11) is 4.14. The lowest BCUT2D eigenvalue weighted by atomic mass is 10.1. The van der Waals surface area contributed by atoms with E-state index in [9.17, 15) is 4.39 Å². The van der Waals surface area contributed by atoms with E-state index in [-0.39, 0.29) is 29.8 Å². The van der Waals surface area contributed by atoms with Crippen LogP contribution < -0.4 is 10.6 Å². The first-order valence-corrected chi connectivity index (χ1v) is 7.95. The van der Waals surface area contributed by atoms with Crippen molar-refractivity contribution in [3.8, 4) is 0 Å². The van der Waals surface area contributed by atoms with Gasteiger partial charge in [0.15, 0.2) is 5.96 Å². The Labute approximate surface area is 157 Å². The fourth-order valence-corrected chi connectivity index (χ4v) is 2.17. The van der Waals surface area contributed by atoms with Gasteiger partial charge >= 0.3 is 0 Å². The number of benzene rings is 1. The molecule has 0 radical (unpaired) electrons. The third-order valence-corrected chi connectivity index (χ3v) is 3.37. The van der Waals surface area contributed by atoms with E-state index < -0.39 is 0 Å². The molecule has 132 valence electrons. The number of rotatable bonds is 8. The summed E-state index contributed by atoms with van der Waals surface area (Å²) < 4.78 is 13.1. The Morgan fingerprint density at radius 2 is 2.00 bits per heavy atom. The quantitative estimate of drug-likeness (QED) is 0.285. The molecule has 0 aliphatic heterocycles. The maximum Gasteiger partial charge on any atom is 0.191 e. The SMILES string of the molecule is CCNC(=NCCCN(C)C)NCCc1ccc(F)cc1C.I. The molecule has 0 saturated heterocycles. The van der Waals surface area contributed by atoms with Gasteiger partial charge in [0.05, 0.1) is 0 Å². The van der Waals surface area contributed by atoms with E-state index >= 15 is 0 Å². The highest BCUT2D eigenvalue weighted by molar-refractivity contribution is 14.0. The van der Waals surface area contributed by atoms with Gasteiger partial charge in [0, 0.05) is 19.6 Å². The number of nitrogens with one attached hydrogen (secondary N) is 2. The number of halogens is 2. The first-order chi connectivity index (χ1) is 10.5. The highest BCUT2D eigenvalue weighted by Crippen LogP contribution is 2.10. The second-order valence-corrected chi connectivity index (χ2v) is 5.67. The topological polar surface area (TPSA) is 39.7 Å². The van der Waals surface area contributed by atoms with Gasteiger partial charge in [-0.1, -0.05) is 6.07 Å². The number of aryl methyl sites for hydroxylation is 1. The summed E-state index contributed by atoms with van der Waals surface area (Å²) in [5.41, 5.74) is 2.16. The summed E-state index contributed by atoms with van der Waals surface area (Å²) in [6.07, 6.45) is 1.90. The molecule has 0 bridgehead atoms. The average Bonchev–Trinajstić information content (AvgIpc) is 2.45. The highest BCUT2D eigenvalue weighted by atomic mass is 127. The van der Waals surface area contributed by atoms with Gasteiger partial charge in [-0.05, 0) is 70.6 Å². The minimum Gasteiger partial charge on any atom is -0.357 e. The van der Waals surface area contributed by atoms with Crippen LogP contribution in [0.4, 0.5) is 4.39 Å². The lowest BCUT2D eigenvalue weighted by Crippen LogP contribution is -2.38. The molecule has 0 spiro atoms. The molecule has 0 fully saturated rings. The second kappa shape index (κ2) is 12.5. The Kier molecular flexibility index (Phi) is 12.0. The molecular weight excluding hydrogens is 406 g/mol. The van der Waals surface area contributed by atoms with Gasteiger partial charge in [0.1, 0.15) is 5.82 Å². The van der Waals surface area contributed by atoms with Gasteiger partial charge < -0.3 is 15.5 Å². The maximum atomic E-state index is 13.1. The molecule has 2 N–H and O–H groups in total. The zero-order valence-electron chi connectivity index (χ0n) is 14.7. The normalized spacial score (nSPS) is 11.3. The van der Waals surface area contributed by atoms with Crippen molar-refractivity contribution in [3.05, 3.63) is 35.1 Å². The van der Waals surface area contributed by atoms with E-state index in [0.29, 0.717) is 0 Å². The zero-order valence-corrected chi connectivity index (χ0v) is 17.0. The van der Waals surface area contributed by atoms with Crippen molar-refractivity contribution < 1.29 is 4.39 Å². The van der Waals surface area contributed by atoms with E-state index in [2.05, 4.69) is 41.5 Å². The van der Waals surface area contributed by atoms with Crippen molar-refractivity contribution in [2.45, 2.75) is 26.7 Å². The largest absolute Gasteiger partial charge is 0.357 e. The van der Waals surface area contributed by atoms with Gasteiger partial charge in [-0.15, -0.1) is 24.0 Å². The number of nitrogens with zero attached hydrogens (tertiary/aromatic N) is 2. The first-order valence-electron chi connectivity index (χ1n) is 7.95. The van der Waals surface area contributed by atoms with E-state index in [1.54, 1.807) is 6.07 Å². The van der Waals surface area contributed by atoms with Crippen LogP contribution in [-0.2, 0) is 6.42 Å². The van der Waals surface area contributed by atoms with Crippen LogP contribution >= 0.6 is 24.0 Å². The third kappa shape index (κ3) is 9.76. The van der Waals surface area contributed by atoms with Crippen LogP contribution in [0.2, 0.25) is 0 Å². The molecule has 1 rings (SSSR count). The summed E-state index contributed by atoms with van der Waals surface area (Å²) in [5.74, 6) is 0.672. The van der Waals surface area contributed by atoms with Crippen LogP contribution in [0.1, 0.15) is 24.5 Å². The first kappa shape index (κ1) is 22.1. The Morgan fingerprint density at radius 1 is 1.26 bits per heavy atom. The molecule has 0 aliphatic rings.